The second-order valence-electron chi connectivity index (χ2n) is 8.71. The van der Waals surface area contributed by atoms with Crippen molar-refractivity contribution in [3.8, 4) is 0 Å². The number of amides is 4. The highest BCUT2D eigenvalue weighted by Crippen LogP contribution is 2.54. The van der Waals surface area contributed by atoms with Gasteiger partial charge in [0.25, 0.3) is 5.91 Å². The van der Waals surface area contributed by atoms with Crippen molar-refractivity contribution in [2.75, 3.05) is 0 Å². The first-order valence-corrected chi connectivity index (χ1v) is 11.1. The maximum atomic E-state index is 13.6. The van der Waals surface area contributed by atoms with Crippen LogP contribution < -0.4 is 11.1 Å². The lowest BCUT2D eigenvalue weighted by molar-refractivity contribution is -0.137. The summed E-state index contributed by atoms with van der Waals surface area (Å²) in [7, 11) is 0. The number of fused-ring (bicyclic) bond motifs is 1. The molecule has 2 heterocycles. The lowest BCUT2D eigenvalue weighted by atomic mass is 9.82. The van der Waals surface area contributed by atoms with Gasteiger partial charge in [-0.1, -0.05) is 23.7 Å². The highest BCUT2D eigenvalue weighted by atomic mass is 35.5. The monoisotopic (exact) mass is 451 g/mol. The summed E-state index contributed by atoms with van der Waals surface area (Å²) in [6.07, 6.45) is 2.45. The molecule has 2 aliphatic heterocycles. The molecule has 164 valence electrons. The molecule has 1 aliphatic carbocycles. The Morgan fingerprint density at radius 1 is 1.06 bits per heavy atom. The average Bonchev–Trinajstić information content (AvgIpc) is 3.56. The van der Waals surface area contributed by atoms with Gasteiger partial charge in [-0.05, 0) is 66.6 Å². The number of benzene rings is 2. The Hall–Kier alpha value is -3.19. The first kappa shape index (κ1) is 20.7. The second-order valence-corrected chi connectivity index (χ2v) is 9.14. The maximum Gasteiger partial charge on any atom is 0.255 e. The smallest absolute Gasteiger partial charge is 0.255 e. The van der Waals surface area contributed by atoms with Gasteiger partial charge in [0, 0.05) is 28.5 Å². The second kappa shape index (κ2) is 7.74. The number of hydrogen-bond acceptors (Lipinski definition) is 4. The summed E-state index contributed by atoms with van der Waals surface area (Å²) in [5, 5.41) is 2.99. The Kier molecular flexibility index (Phi) is 5.01. The molecular weight excluding hydrogens is 430 g/mol. The summed E-state index contributed by atoms with van der Waals surface area (Å²) in [6, 6.07) is 11.2. The first-order chi connectivity index (χ1) is 15.3. The Bertz CT molecular complexity index is 1140. The molecule has 2 unspecified atom stereocenters. The van der Waals surface area contributed by atoms with E-state index in [2.05, 4.69) is 5.32 Å². The van der Waals surface area contributed by atoms with E-state index in [4.69, 9.17) is 17.3 Å². The predicted octanol–water partition coefficient (Wildman–Crippen LogP) is 2.93. The van der Waals surface area contributed by atoms with E-state index in [1.165, 1.54) is 0 Å². The van der Waals surface area contributed by atoms with E-state index in [1.54, 1.807) is 23.1 Å². The third-order valence-corrected chi connectivity index (χ3v) is 6.94. The van der Waals surface area contributed by atoms with Crippen LogP contribution in [0, 0.1) is 5.92 Å². The third kappa shape index (κ3) is 3.46. The molecule has 1 saturated heterocycles. The summed E-state index contributed by atoms with van der Waals surface area (Å²) in [5.41, 5.74) is 8.02. The highest BCUT2D eigenvalue weighted by Gasteiger charge is 2.51. The zero-order chi connectivity index (χ0) is 22.6. The minimum atomic E-state index is -0.761. The van der Waals surface area contributed by atoms with Gasteiger partial charge in [-0.25, -0.2) is 0 Å². The zero-order valence-corrected chi connectivity index (χ0v) is 18.0. The predicted molar refractivity (Wildman–Crippen MR) is 117 cm³/mol. The van der Waals surface area contributed by atoms with E-state index in [9.17, 15) is 19.2 Å². The molecule has 0 spiro atoms. The molecule has 3 N–H and O–H groups in total. The van der Waals surface area contributed by atoms with Gasteiger partial charge in [0.15, 0.2) is 0 Å². The third-order valence-electron chi connectivity index (χ3n) is 6.69. The average molecular weight is 452 g/mol. The van der Waals surface area contributed by atoms with E-state index in [0.717, 1.165) is 18.4 Å². The van der Waals surface area contributed by atoms with Crippen LogP contribution in [0.4, 0.5) is 0 Å². The lowest BCUT2D eigenvalue weighted by Crippen LogP contribution is -2.54. The van der Waals surface area contributed by atoms with Crippen LogP contribution in [0.2, 0.25) is 5.02 Å². The summed E-state index contributed by atoms with van der Waals surface area (Å²) in [6.45, 7) is 0. The van der Waals surface area contributed by atoms with Crippen molar-refractivity contribution in [1.82, 2.24) is 10.2 Å². The number of nitrogens with zero attached hydrogens (tertiary/aromatic N) is 1. The first-order valence-electron chi connectivity index (χ1n) is 10.7. The van der Waals surface area contributed by atoms with Crippen LogP contribution in [0.5, 0.6) is 0 Å². The SMILES string of the molecule is NC(=O)c1ccc2c(c1)C([C@H](c1ccc(Cl)cc1)C1CC1)N(C1CCC(=O)NC1=O)C2=O. The van der Waals surface area contributed by atoms with Crippen molar-refractivity contribution in [2.45, 2.75) is 43.7 Å². The molecule has 2 aromatic carbocycles. The molecule has 1 saturated carbocycles. The normalized spacial score (nSPS) is 23.7. The Labute approximate surface area is 189 Å². The quantitative estimate of drug-likeness (QED) is 0.681. The number of primary amides is 1. The van der Waals surface area contributed by atoms with Gasteiger partial charge in [0.2, 0.25) is 17.7 Å². The molecule has 32 heavy (non-hydrogen) atoms. The number of imide groups is 1. The molecule has 0 bridgehead atoms. The van der Waals surface area contributed by atoms with Crippen LogP contribution in [0.15, 0.2) is 42.5 Å². The van der Waals surface area contributed by atoms with Gasteiger partial charge in [-0.2, -0.15) is 0 Å². The molecule has 3 atom stereocenters. The fourth-order valence-electron chi connectivity index (χ4n) is 5.07. The molecule has 2 aromatic rings. The molecular formula is C24H22ClN3O4. The lowest BCUT2D eigenvalue weighted by Gasteiger charge is -2.38. The summed E-state index contributed by atoms with van der Waals surface area (Å²) >= 11 is 6.11. The van der Waals surface area contributed by atoms with Crippen molar-refractivity contribution in [3.05, 3.63) is 69.7 Å². The molecule has 2 fully saturated rings. The number of piperidine rings is 1. The van der Waals surface area contributed by atoms with E-state index >= 15 is 0 Å². The number of carbonyl (C=O) groups is 4. The van der Waals surface area contributed by atoms with Crippen molar-refractivity contribution in [1.29, 1.82) is 0 Å². The van der Waals surface area contributed by atoms with E-state index < -0.39 is 23.9 Å². The number of nitrogens with two attached hydrogens (primary N) is 1. The minimum Gasteiger partial charge on any atom is -0.366 e. The molecule has 0 aromatic heterocycles. The van der Waals surface area contributed by atoms with Crippen molar-refractivity contribution in [3.63, 3.8) is 0 Å². The number of carbonyl (C=O) groups excluding carboxylic acids is 4. The van der Waals surface area contributed by atoms with Crippen LogP contribution in [0.3, 0.4) is 0 Å². The zero-order valence-electron chi connectivity index (χ0n) is 17.2. The maximum absolute atomic E-state index is 13.6. The number of halogens is 1. The minimum absolute atomic E-state index is 0.0778. The Morgan fingerprint density at radius 3 is 2.41 bits per heavy atom. The van der Waals surface area contributed by atoms with Crippen LogP contribution in [0.1, 0.15) is 69.5 Å². The fraction of sp³-hybridized carbons (Fsp3) is 0.333. The molecule has 7 nitrogen and oxygen atoms in total. The Balaban J connectivity index is 1.66. The topological polar surface area (TPSA) is 110 Å². The van der Waals surface area contributed by atoms with Gasteiger partial charge >= 0.3 is 0 Å². The number of nitrogens with one attached hydrogen (secondary N) is 1. The highest BCUT2D eigenvalue weighted by molar-refractivity contribution is 6.30. The van der Waals surface area contributed by atoms with Crippen molar-refractivity contribution >= 4 is 35.2 Å². The van der Waals surface area contributed by atoms with E-state index in [-0.39, 0.29) is 30.6 Å². The molecule has 8 heteroatoms. The Morgan fingerprint density at radius 2 is 1.78 bits per heavy atom. The summed E-state index contributed by atoms with van der Waals surface area (Å²) < 4.78 is 0. The van der Waals surface area contributed by atoms with Crippen LogP contribution >= 0.6 is 11.6 Å². The summed E-state index contributed by atoms with van der Waals surface area (Å²) in [5.74, 6) is -1.39. The molecule has 3 aliphatic rings. The molecule has 0 radical (unpaired) electrons. The van der Waals surface area contributed by atoms with Gasteiger partial charge in [0.1, 0.15) is 6.04 Å². The van der Waals surface area contributed by atoms with Crippen molar-refractivity contribution < 1.29 is 19.2 Å². The van der Waals surface area contributed by atoms with E-state index in [1.807, 2.05) is 24.3 Å². The number of hydrogen-bond donors (Lipinski definition) is 2. The van der Waals surface area contributed by atoms with Crippen molar-refractivity contribution in [2.24, 2.45) is 11.7 Å². The van der Waals surface area contributed by atoms with Gasteiger partial charge in [-0.15, -0.1) is 0 Å². The fourth-order valence-corrected chi connectivity index (χ4v) is 5.20. The largest absolute Gasteiger partial charge is 0.366 e. The summed E-state index contributed by atoms with van der Waals surface area (Å²) in [4.78, 5) is 51.6. The van der Waals surface area contributed by atoms with Gasteiger partial charge < -0.3 is 10.6 Å². The molecule has 5 rings (SSSR count). The van der Waals surface area contributed by atoms with Crippen LogP contribution in [0.25, 0.3) is 0 Å². The van der Waals surface area contributed by atoms with Gasteiger partial charge in [0.05, 0.1) is 6.04 Å². The standard InChI is InChI=1S/C24H22ClN3O4/c25-15-6-3-13(4-7-15)20(12-1-2-12)21-17-11-14(22(26)30)5-8-16(17)24(32)28(21)18-9-10-19(29)27-23(18)31/h3-8,11-12,18,20-21H,1-2,9-10H2,(H2,26,30)(H,27,29,31)/t18?,20-,21?/m0/s1. The molecule has 4 amide bonds. The van der Waals surface area contributed by atoms with E-state index in [0.29, 0.717) is 27.6 Å². The van der Waals surface area contributed by atoms with Crippen LogP contribution in [-0.2, 0) is 9.59 Å². The number of rotatable bonds is 5. The van der Waals surface area contributed by atoms with Crippen LogP contribution in [-0.4, -0.2) is 34.6 Å². The van der Waals surface area contributed by atoms with Gasteiger partial charge in [-0.3, -0.25) is 24.5 Å².